The van der Waals surface area contributed by atoms with Gasteiger partial charge in [-0.15, -0.1) is 0 Å². The summed E-state index contributed by atoms with van der Waals surface area (Å²) in [4.78, 5) is 0. The largest absolute Gasteiger partial charge is 0.370 e. The van der Waals surface area contributed by atoms with Gasteiger partial charge in [0.2, 0.25) is 0 Å². The Balaban J connectivity index is 2.33. The molecule has 1 rings (SSSR count). The van der Waals surface area contributed by atoms with Crippen LogP contribution in [-0.4, -0.2) is 34.0 Å². The smallest absolute Gasteiger partial charge is 0.264 e. The van der Waals surface area contributed by atoms with Crippen LogP contribution in [0, 0.1) is 5.92 Å². The summed E-state index contributed by atoms with van der Waals surface area (Å²) in [7, 11) is -3.33. The van der Waals surface area contributed by atoms with Crippen molar-refractivity contribution < 1.29 is 17.3 Å². The Hall–Kier alpha value is -0.390. The molecule has 0 radical (unpaired) electrons. The van der Waals surface area contributed by atoms with E-state index in [1.54, 1.807) is 0 Å². The molecule has 1 aliphatic rings. The van der Waals surface area contributed by atoms with Crippen molar-refractivity contribution in [3.8, 4) is 0 Å². The fourth-order valence-corrected chi connectivity index (χ4v) is 1.55. The molecule has 0 saturated carbocycles. The lowest BCUT2D eigenvalue weighted by Gasteiger charge is -2.16. The summed E-state index contributed by atoms with van der Waals surface area (Å²) in [5.41, 5.74) is 0. The van der Waals surface area contributed by atoms with Gasteiger partial charge in [0, 0.05) is 5.92 Å². The average Bonchev–Trinajstić information content (AvgIpc) is 2.50. The normalized spacial score (nSPS) is 24.9. The summed E-state index contributed by atoms with van der Waals surface area (Å²) in [5, 5.41) is 0. The molecule has 0 aliphatic carbocycles. The van der Waals surface area contributed by atoms with Crippen molar-refractivity contribution >= 4 is 10.1 Å². The van der Waals surface area contributed by atoms with Gasteiger partial charge in [-0.1, -0.05) is 19.1 Å². The van der Waals surface area contributed by atoms with Crippen LogP contribution >= 0.6 is 0 Å². The second-order valence-corrected chi connectivity index (χ2v) is 4.84. The van der Waals surface area contributed by atoms with Gasteiger partial charge in [-0.2, -0.15) is 8.42 Å². The van der Waals surface area contributed by atoms with E-state index >= 15 is 0 Å². The topological polar surface area (TPSA) is 52.6 Å². The lowest BCUT2D eigenvalue weighted by Crippen LogP contribution is -2.22. The zero-order valence-electron chi connectivity index (χ0n) is 7.76. The first kappa shape index (κ1) is 10.7. The summed E-state index contributed by atoms with van der Waals surface area (Å²) in [6.45, 7) is 2.67. The van der Waals surface area contributed by atoms with Crippen LogP contribution in [0.25, 0.3) is 0 Å². The van der Waals surface area contributed by atoms with E-state index in [0.717, 1.165) is 6.26 Å². The molecule has 5 heteroatoms. The fraction of sp³-hybridized carbons (Fsp3) is 0.750. The van der Waals surface area contributed by atoms with Crippen LogP contribution in [0.1, 0.15) is 6.92 Å². The lowest BCUT2D eigenvalue weighted by atomic mass is 10.1. The number of ether oxygens (including phenoxy) is 1. The first-order chi connectivity index (χ1) is 5.99. The molecule has 0 bridgehead atoms. The summed E-state index contributed by atoms with van der Waals surface area (Å²) >= 11 is 0. The maximum absolute atomic E-state index is 10.7. The van der Waals surface area contributed by atoms with E-state index in [0.29, 0.717) is 6.61 Å². The van der Waals surface area contributed by atoms with Crippen LogP contribution in [0.2, 0.25) is 0 Å². The third-order valence-electron chi connectivity index (χ3n) is 1.82. The Morgan fingerprint density at radius 1 is 1.69 bits per heavy atom. The molecular formula is C8H14O4S. The minimum atomic E-state index is -3.33. The monoisotopic (exact) mass is 206 g/mol. The Kier molecular flexibility index (Phi) is 3.47. The summed E-state index contributed by atoms with van der Waals surface area (Å²) < 4.78 is 31.3. The number of hydrogen-bond acceptors (Lipinski definition) is 4. The third kappa shape index (κ3) is 3.89. The van der Waals surface area contributed by atoms with Gasteiger partial charge in [-0.05, 0) is 0 Å². The molecule has 0 fully saturated rings. The molecule has 0 aromatic carbocycles. The molecule has 0 N–H and O–H groups in total. The quantitative estimate of drug-likeness (QED) is 0.498. The van der Waals surface area contributed by atoms with Gasteiger partial charge in [0.25, 0.3) is 10.1 Å². The SMILES string of the molecule is CC(COS(C)(=O)=O)[C@@H]1C=CCO1. The predicted octanol–water partition coefficient (Wildman–Crippen LogP) is 0.554. The third-order valence-corrected chi connectivity index (χ3v) is 2.38. The van der Waals surface area contributed by atoms with Crippen molar-refractivity contribution in [3.05, 3.63) is 12.2 Å². The van der Waals surface area contributed by atoms with Crippen molar-refractivity contribution in [1.29, 1.82) is 0 Å². The molecule has 76 valence electrons. The highest BCUT2D eigenvalue weighted by Gasteiger charge is 2.19. The molecule has 1 unspecified atom stereocenters. The fourth-order valence-electron chi connectivity index (χ4n) is 1.09. The maximum Gasteiger partial charge on any atom is 0.264 e. The van der Waals surface area contributed by atoms with E-state index in [9.17, 15) is 8.42 Å². The zero-order valence-corrected chi connectivity index (χ0v) is 8.58. The highest BCUT2D eigenvalue weighted by atomic mass is 32.2. The summed E-state index contributed by atoms with van der Waals surface area (Å²) in [6.07, 6.45) is 4.88. The summed E-state index contributed by atoms with van der Waals surface area (Å²) in [5.74, 6) is 0.0634. The van der Waals surface area contributed by atoms with Gasteiger partial charge in [0.15, 0.2) is 0 Å². The second-order valence-electron chi connectivity index (χ2n) is 3.19. The first-order valence-electron chi connectivity index (χ1n) is 4.12. The van der Waals surface area contributed by atoms with Crippen LogP contribution in [-0.2, 0) is 19.0 Å². The molecule has 1 heterocycles. The highest BCUT2D eigenvalue weighted by Crippen LogP contribution is 2.14. The van der Waals surface area contributed by atoms with E-state index in [1.807, 2.05) is 19.1 Å². The van der Waals surface area contributed by atoms with Gasteiger partial charge in [-0.3, -0.25) is 4.18 Å². The van der Waals surface area contributed by atoms with Crippen molar-refractivity contribution in [1.82, 2.24) is 0 Å². The van der Waals surface area contributed by atoms with Gasteiger partial charge in [0.1, 0.15) is 0 Å². The van der Waals surface area contributed by atoms with Gasteiger partial charge in [0.05, 0.1) is 25.6 Å². The second kappa shape index (κ2) is 4.21. The zero-order chi connectivity index (χ0) is 9.90. The molecule has 0 amide bonds. The summed E-state index contributed by atoms with van der Waals surface area (Å²) in [6, 6.07) is 0. The average molecular weight is 206 g/mol. The standard InChI is InChI=1S/C8H14O4S/c1-7(6-12-13(2,9)10)8-4-3-5-11-8/h3-4,7-8H,5-6H2,1-2H3/t7?,8-/m0/s1. The predicted molar refractivity (Wildman–Crippen MR) is 48.8 cm³/mol. The molecule has 4 nitrogen and oxygen atoms in total. The van der Waals surface area contributed by atoms with Crippen LogP contribution < -0.4 is 0 Å². The number of hydrogen-bond donors (Lipinski definition) is 0. The first-order valence-corrected chi connectivity index (χ1v) is 5.93. The van der Waals surface area contributed by atoms with Gasteiger partial charge >= 0.3 is 0 Å². The lowest BCUT2D eigenvalue weighted by molar-refractivity contribution is 0.0672. The number of rotatable bonds is 4. The Morgan fingerprint density at radius 2 is 2.38 bits per heavy atom. The molecule has 1 aliphatic heterocycles. The molecule has 0 aromatic heterocycles. The minimum absolute atomic E-state index is 0.0123. The van der Waals surface area contributed by atoms with E-state index in [4.69, 9.17) is 4.74 Å². The Morgan fingerprint density at radius 3 is 2.85 bits per heavy atom. The van der Waals surface area contributed by atoms with E-state index < -0.39 is 10.1 Å². The molecule has 13 heavy (non-hydrogen) atoms. The maximum atomic E-state index is 10.7. The molecule has 2 atom stereocenters. The van der Waals surface area contributed by atoms with Crippen LogP contribution in [0.4, 0.5) is 0 Å². The van der Waals surface area contributed by atoms with E-state index in [1.165, 1.54) is 0 Å². The highest BCUT2D eigenvalue weighted by molar-refractivity contribution is 7.85. The van der Waals surface area contributed by atoms with Crippen LogP contribution in [0.3, 0.4) is 0 Å². The van der Waals surface area contributed by atoms with E-state index in [-0.39, 0.29) is 18.6 Å². The molecule has 0 aromatic rings. The van der Waals surface area contributed by atoms with Crippen LogP contribution in [0.15, 0.2) is 12.2 Å². The van der Waals surface area contributed by atoms with Gasteiger partial charge < -0.3 is 4.74 Å². The van der Waals surface area contributed by atoms with Gasteiger partial charge in [-0.25, -0.2) is 0 Å². The van der Waals surface area contributed by atoms with Crippen molar-refractivity contribution in [2.45, 2.75) is 13.0 Å². The molecular weight excluding hydrogens is 192 g/mol. The Bertz CT molecular complexity index is 281. The Labute approximate surface area is 78.7 Å². The van der Waals surface area contributed by atoms with E-state index in [2.05, 4.69) is 4.18 Å². The van der Waals surface area contributed by atoms with Crippen molar-refractivity contribution in [3.63, 3.8) is 0 Å². The van der Waals surface area contributed by atoms with Crippen molar-refractivity contribution in [2.75, 3.05) is 19.5 Å². The van der Waals surface area contributed by atoms with Crippen LogP contribution in [0.5, 0.6) is 0 Å². The molecule has 0 spiro atoms. The minimum Gasteiger partial charge on any atom is -0.370 e. The van der Waals surface area contributed by atoms with Crippen molar-refractivity contribution in [2.24, 2.45) is 5.92 Å². The molecule has 0 saturated heterocycles.